The largest absolute Gasteiger partial charge is 0.476 e. The summed E-state index contributed by atoms with van der Waals surface area (Å²) in [5.41, 5.74) is 1.88. The van der Waals surface area contributed by atoms with Crippen LogP contribution in [0.2, 0.25) is 0 Å². The number of ether oxygens (including phenoxy) is 1. The summed E-state index contributed by atoms with van der Waals surface area (Å²) in [7, 11) is 0. The molecular weight excluding hydrogens is 364 g/mol. The zero-order valence-electron chi connectivity index (χ0n) is 15.1. The number of aromatic carboxylic acids is 1. The molecule has 7 heteroatoms. The second-order valence-corrected chi connectivity index (χ2v) is 7.63. The summed E-state index contributed by atoms with van der Waals surface area (Å²) in [5.74, 6) is -0.270. The van der Waals surface area contributed by atoms with Gasteiger partial charge in [-0.1, -0.05) is 18.2 Å². The van der Waals surface area contributed by atoms with Crippen molar-refractivity contribution < 1.29 is 19.4 Å². The van der Waals surface area contributed by atoms with E-state index >= 15 is 0 Å². The molecule has 3 rings (SSSR count). The molecule has 1 amide bonds. The molecule has 6 nitrogen and oxygen atoms in total. The van der Waals surface area contributed by atoms with E-state index in [9.17, 15) is 9.59 Å². The minimum atomic E-state index is -1.03. The lowest BCUT2D eigenvalue weighted by Gasteiger charge is -2.21. The number of benzene rings is 1. The number of hydrogen-bond acceptors (Lipinski definition) is 5. The molecule has 2 aromatic rings. The highest BCUT2D eigenvalue weighted by Gasteiger charge is 2.14. The lowest BCUT2D eigenvalue weighted by molar-refractivity contribution is -0.121. The molecule has 144 valence electrons. The van der Waals surface area contributed by atoms with Gasteiger partial charge in [-0.05, 0) is 43.2 Å². The predicted molar refractivity (Wildman–Crippen MR) is 104 cm³/mol. The van der Waals surface area contributed by atoms with Crippen molar-refractivity contribution in [1.29, 1.82) is 0 Å². The Hall–Kier alpha value is -2.25. The maximum atomic E-state index is 12.1. The topological polar surface area (TPSA) is 88.5 Å². The van der Waals surface area contributed by atoms with Crippen molar-refractivity contribution >= 4 is 23.2 Å². The number of carbonyl (C=O) groups excluding carboxylic acids is 1. The first-order valence-corrected chi connectivity index (χ1v) is 10.1. The number of carboxylic acid groups (broad SMARTS) is 1. The third-order valence-electron chi connectivity index (χ3n) is 4.74. The first kappa shape index (κ1) is 19.5. The fraction of sp³-hybridized carbons (Fsp3) is 0.450. The summed E-state index contributed by atoms with van der Waals surface area (Å²) in [4.78, 5) is 27.2. The molecule has 0 radical (unpaired) electrons. The van der Waals surface area contributed by atoms with Crippen LogP contribution < -0.4 is 5.32 Å². The second kappa shape index (κ2) is 9.62. The van der Waals surface area contributed by atoms with E-state index < -0.39 is 5.97 Å². The number of nitrogens with one attached hydrogen (secondary N) is 1. The Morgan fingerprint density at radius 3 is 2.85 bits per heavy atom. The molecule has 1 aromatic heterocycles. The lowest BCUT2D eigenvalue weighted by Crippen LogP contribution is -2.23. The van der Waals surface area contributed by atoms with Crippen LogP contribution in [0.3, 0.4) is 0 Å². The van der Waals surface area contributed by atoms with Crippen LogP contribution in [0.4, 0.5) is 0 Å². The quantitative estimate of drug-likeness (QED) is 0.719. The average molecular weight is 388 g/mol. The standard InChI is InChI=1S/C20H24N2O4S/c23-18(6-2-3-14-7-9-26-10-8-14)21-12-15-4-1-5-16(11-15)19-22-17(13-27-19)20(24)25/h1,4-5,11,13-14H,2-3,6-10,12H2,(H,21,23)(H,24,25). The molecule has 0 saturated carbocycles. The van der Waals surface area contributed by atoms with Crippen molar-refractivity contribution in [2.75, 3.05) is 13.2 Å². The Balaban J connectivity index is 1.46. The molecule has 27 heavy (non-hydrogen) atoms. The number of hydrogen-bond donors (Lipinski definition) is 2. The maximum absolute atomic E-state index is 12.1. The van der Waals surface area contributed by atoms with E-state index in [0.29, 0.717) is 23.9 Å². The highest BCUT2D eigenvalue weighted by atomic mass is 32.1. The molecule has 1 aromatic carbocycles. The molecule has 0 spiro atoms. The Morgan fingerprint density at radius 2 is 2.11 bits per heavy atom. The van der Waals surface area contributed by atoms with E-state index in [1.54, 1.807) is 0 Å². The second-order valence-electron chi connectivity index (χ2n) is 6.77. The molecule has 2 heterocycles. The van der Waals surface area contributed by atoms with Gasteiger partial charge in [-0.2, -0.15) is 0 Å². The van der Waals surface area contributed by atoms with Crippen molar-refractivity contribution in [2.45, 2.75) is 38.6 Å². The van der Waals surface area contributed by atoms with Gasteiger partial charge in [0.15, 0.2) is 5.69 Å². The van der Waals surface area contributed by atoms with Crippen molar-refractivity contribution in [3.8, 4) is 10.6 Å². The highest BCUT2D eigenvalue weighted by Crippen LogP contribution is 2.25. The van der Waals surface area contributed by atoms with Crippen LogP contribution in [-0.4, -0.2) is 35.2 Å². The molecule has 0 aliphatic carbocycles. The Bertz CT molecular complexity index is 784. The zero-order chi connectivity index (χ0) is 19.1. The third-order valence-corrected chi connectivity index (χ3v) is 5.64. The lowest BCUT2D eigenvalue weighted by atomic mass is 9.94. The molecular formula is C20H24N2O4S. The minimum Gasteiger partial charge on any atom is -0.476 e. The molecule has 0 atom stereocenters. The van der Waals surface area contributed by atoms with E-state index in [1.165, 1.54) is 16.7 Å². The average Bonchev–Trinajstić information content (AvgIpc) is 3.18. The van der Waals surface area contributed by atoms with Gasteiger partial charge in [0.25, 0.3) is 0 Å². The van der Waals surface area contributed by atoms with E-state index in [1.807, 2.05) is 24.3 Å². The Labute approximate surface area is 162 Å². The van der Waals surface area contributed by atoms with E-state index in [-0.39, 0.29) is 11.6 Å². The van der Waals surface area contributed by atoms with Crippen molar-refractivity contribution in [3.05, 3.63) is 40.9 Å². The monoisotopic (exact) mass is 388 g/mol. The summed E-state index contributed by atoms with van der Waals surface area (Å²) < 4.78 is 5.36. The van der Waals surface area contributed by atoms with E-state index in [0.717, 1.165) is 50.0 Å². The normalized spacial score (nSPS) is 14.8. The number of nitrogens with zero attached hydrogens (tertiary/aromatic N) is 1. The molecule has 1 saturated heterocycles. The zero-order valence-corrected chi connectivity index (χ0v) is 16.0. The van der Waals surface area contributed by atoms with Gasteiger partial charge in [-0.25, -0.2) is 9.78 Å². The first-order valence-electron chi connectivity index (χ1n) is 9.24. The van der Waals surface area contributed by atoms with Crippen LogP contribution in [-0.2, 0) is 16.1 Å². The molecule has 1 aliphatic rings. The molecule has 0 unspecified atom stereocenters. The number of amides is 1. The summed E-state index contributed by atoms with van der Waals surface area (Å²) in [6, 6.07) is 7.66. The molecule has 1 aliphatic heterocycles. The van der Waals surface area contributed by atoms with Crippen LogP contribution in [0.15, 0.2) is 29.6 Å². The number of thiazole rings is 1. The molecule has 0 bridgehead atoms. The van der Waals surface area contributed by atoms with Crippen molar-refractivity contribution in [1.82, 2.24) is 10.3 Å². The smallest absolute Gasteiger partial charge is 0.355 e. The highest BCUT2D eigenvalue weighted by molar-refractivity contribution is 7.13. The maximum Gasteiger partial charge on any atom is 0.355 e. The molecule has 2 N–H and O–H groups in total. The van der Waals surface area contributed by atoms with Crippen LogP contribution in [0.5, 0.6) is 0 Å². The van der Waals surface area contributed by atoms with Gasteiger partial charge in [-0.15, -0.1) is 11.3 Å². The number of rotatable bonds is 8. The fourth-order valence-electron chi connectivity index (χ4n) is 3.19. The number of carboxylic acids is 1. The minimum absolute atomic E-state index is 0.0539. The van der Waals surface area contributed by atoms with Crippen LogP contribution in [0.1, 0.15) is 48.2 Å². The summed E-state index contributed by atoms with van der Waals surface area (Å²) in [6.45, 7) is 2.15. The van der Waals surface area contributed by atoms with Gasteiger partial charge in [-0.3, -0.25) is 4.79 Å². The van der Waals surface area contributed by atoms with E-state index in [4.69, 9.17) is 9.84 Å². The van der Waals surface area contributed by atoms with Gasteiger partial charge >= 0.3 is 5.97 Å². The van der Waals surface area contributed by atoms with E-state index in [2.05, 4.69) is 10.3 Å². The van der Waals surface area contributed by atoms with Gasteiger partial charge in [0.2, 0.25) is 5.91 Å². The van der Waals surface area contributed by atoms with Gasteiger partial charge in [0.05, 0.1) is 0 Å². The first-order chi connectivity index (χ1) is 13.1. The number of carbonyl (C=O) groups is 2. The van der Waals surface area contributed by atoms with Crippen LogP contribution in [0, 0.1) is 5.92 Å². The van der Waals surface area contributed by atoms with Gasteiger partial charge < -0.3 is 15.2 Å². The number of aromatic nitrogens is 1. The van der Waals surface area contributed by atoms with Crippen LogP contribution in [0.25, 0.3) is 10.6 Å². The fourth-order valence-corrected chi connectivity index (χ4v) is 3.99. The SMILES string of the molecule is O=C(CCCC1CCOCC1)NCc1cccc(-c2nc(C(=O)O)cs2)c1. The summed E-state index contributed by atoms with van der Waals surface area (Å²) in [6.07, 6.45) is 4.75. The molecule has 1 fully saturated rings. The summed E-state index contributed by atoms with van der Waals surface area (Å²) in [5, 5.41) is 14.1. The predicted octanol–water partition coefficient (Wildman–Crippen LogP) is 3.72. The third kappa shape index (κ3) is 5.87. The van der Waals surface area contributed by atoms with Gasteiger partial charge in [0.1, 0.15) is 5.01 Å². The van der Waals surface area contributed by atoms with Crippen molar-refractivity contribution in [2.24, 2.45) is 5.92 Å². The van der Waals surface area contributed by atoms with Gasteiger partial charge in [0, 0.05) is 37.1 Å². The Kier molecular flexibility index (Phi) is 6.95. The van der Waals surface area contributed by atoms with Crippen molar-refractivity contribution in [3.63, 3.8) is 0 Å². The Morgan fingerprint density at radius 1 is 1.30 bits per heavy atom. The van der Waals surface area contributed by atoms with Crippen LogP contribution >= 0.6 is 11.3 Å². The summed E-state index contributed by atoms with van der Waals surface area (Å²) >= 11 is 1.30.